The van der Waals surface area contributed by atoms with Gasteiger partial charge in [-0.3, -0.25) is 14.4 Å². The minimum atomic E-state index is -0.524. The molecule has 5 aliphatic heterocycles. The number of rotatable bonds is 2. The summed E-state index contributed by atoms with van der Waals surface area (Å²) >= 11 is 6.10. The smallest absolute Gasteiger partial charge is 0.274 e. The van der Waals surface area contributed by atoms with E-state index in [0.717, 1.165) is 11.1 Å². The highest BCUT2D eigenvalue weighted by molar-refractivity contribution is 6.30. The Morgan fingerprint density at radius 2 is 1.84 bits per heavy atom. The lowest BCUT2D eigenvalue weighted by Gasteiger charge is -2.38. The molecule has 0 unspecified atom stereocenters. The average molecular weight is 618 g/mol. The van der Waals surface area contributed by atoms with Crippen LogP contribution in [-0.4, -0.2) is 71.0 Å². The Bertz CT molecular complexity index is 1690. The summed E-state index contributed by atoms with van der Waals surface area (Å²) in [6.07, 6.45) is 4.25. The first-order chi connectivity index (χ1) is 21.3. The van der Waals surface area contributed by atoms with Crippen molar-refractivity contribution in [2.24, 2.45) is 0 Å². The van der Waals surface area contributed by atoms with Crippen molar-refractivity contribution in [3.05, 3.63) is 88.8 Å². The molecule has 5 aliphatic rings. The summed E-state index contributed by atoms with van der Waals surface area (Å²) in [4.78, 5) is 45.3. The second kappa shape index (κ2) is 12.8. The molecule has 1 fully saturated rings. The quantitative estimate of drug-likeness (QED) is 0.353. The van der Waals surface area contributed by atoms with Crippen molar-refractivity contribution in [1.29, 1.82) is 0 Å². The molecular weight excluding hydrogens is 586 g/mol. The number of halogens is 1. The number of fused-ring (bicyclic) bond motifs is 1. The van der Waals surface area contributed by atoms with Crippen molar-refractivity contribution in [2.45, 2.75) is 38.0 Å². The summed E-state index contributed by atoms with van der Waals surface area (Å²) in [7, 11) is 1.52. The number of amides is 3. The maximum atomic E-state index is 13.5. The number of pyridine rings is 1. The van der Waals surface area contributed by atoms with E-state index in [1.165, 1.54) is 7.11 Å². The third-order valence-electron chi connectivity index (χ3n) is 7.75. The summed E-state index contributed by atoms with van der Waals surface area (Å²) in [5.41, 5.74) is 2.73. The van der Waals surface area contributed by atoms with Gasteiger partial charge in [0.15, 0.2) is 18.1 Å². The number of methoxy groups -OCH3 is 1. The molecule has 11 nitrogen and oxygen atoms in total. The highest BCUT2D eigenvalue weighted by Gasteiger charge is 2.35. The molecular formula is C32H32ClN5O6. The van der Waals surface area contributed by atoms with Crippen LogP contribution in [0.3, 0.4) is 0 Å². The number of likely N-dealkylation sites (tertiary alicyclic amines) is 1. The van der Waals surface area contributed by atoms with Crippen molar-refractivity contribution in [3.63, 3.8) is 0 Å². The lowest BCUT2D eigenvalue weighted by atomic mass is 10.0. The molecule has 0 aliphatic carbocycles. The van der Waals surface area contributed by atoms with E-state index in [9.17, 15) is 14.4 Å². The number of aromatic nitrogens is 2. The Morgan fingerprint density at radius 3 is 2.66 bits per heavy atom. The molecule has 2 aromatic heterocycles. The first-order valence-corrected chi connectivity index (χ1v) is 14.8. The van der Waals surface area contributed by atoms with Crippen molar-refractivity contribution in [3.8, 4) is 17.2 Å². The molecule has 2 aromatic carbocycles. The van der Waals surface area contributed by atoms with Gasteiger partial charge in [0.1, 0.15) is 23.2 Å². The lowest BCUT2D eigenvalue weighted by Crippen LogP contribution is -2.58. The molecule has 2 atom stereocenters. The zero-order chi connectivity index (χ0) is 30.6. The van der Waals surface area contributed by atoms with Crippen LogP contribution < -0.4 is 24.8 Å². The summed E-state index contributed by atoms with van der Waals surface area (Å²) in [5.74, 6) is 0.812. The van der Waals surface area contributed by atoms with Gasteiger partial charge in [-0.1, -0.05) is 29.8 Å². The number of aryl methyl sites for hydroxylation is 1. The Hall–Kier alpha value is -4.77. The van der Waals surface area contributed by atoms with Crippen LogP contribution in [0.15, 0.2) is 67.0 Å². The average Bonchev–Trinajstić information content (AvgIpc) is 3.46. The van der Waals surface area contributed by atoms with E-state index < -0.39 is 12.1 Å². The van der Waals surface area contributed by atoms with Crippen LogP contribution in [0.1, 0.15) is 34.5 Å². The molecule has 0 radical (unpaired) electrons. The summed E-state index contributed by atoms with van der Waals surface area (Å²) in [6.45, 7) is 0.751. The Balaban J connectivity index is 1.23. The molecule has 4 bridgehead atoms. The van der Waals surface area contributed by atoms with Crippen LogP contribution in [0.5, 0.6) is 17.2 Å². The zero-order valence-corrected chi connectivity index (χ0v) is 24.9. The number of hydrogen-bond donors (Lipinski definition) is 2. The number of hydrogen-bond acceptors (Lipinski definition) is 7. The minimum Gasteiger partial charge on any atom is -0.493 e. The predicted molar refractivity (Wildman–Crippen MR) is 162 cm³/mol. The van der Waals surface area contributed by atoms with Crippen LogP contribution in [0.4, 0.5) is 0 Å². The second-order valence-corrected chi connectivity index (χ2v) is 11.2. The Kier molecular flexibility index (Phi) is 8.56. The van der Waals surface area contributed by atoms with Gasteiger partial charge in [0, 0.05) is 44.9 Å². The molecule has 3 amide bonds. The van der Waals surface area contributed by atoms with Gasteiger partial charge in [0.2, 0.25) is 5.91 Å². The van der Waals surface area contributed by atoms with E-state index in [1.807, 2.05) is 30.3 Å². The van der Waals surface area contributed by atoms with E-state index in [0.29, 0.717) is 60.3 Å². The van der Waals surface area contributed by atoms with Crippen LogP contribution in [0.25, 0.3) is 5.65 Å². The van der Waals surface area contributed by atoms with Crippen molar-refractivity contribution in [2.75, 3.05) is 26.8 Å². The summed E-state index contributed by atoms with van der Waals surface area (Å²) < 4.78 is 19.3. The van der Waals surface area contributed by atoms with Gasteiger partial charge in [-0.2, -0.15) is 0 Å². The molecule has 0 spiro atoms. The second-order valence-electron chi connectivity index (χ2n) is 10.8. The Labute approximate surface area is 259 Å². The topological polar surface area (TPSA) is 124 Å². The van der Waals surface area contributed by atoms with Crippen LogP contribution in [0.2, 0.25) is 5.02 Å². The van der Waals surface area contributed by atoms with Gasteiger partial charge in [0.25, 0.3) is 11.8 Å². The molecule has 7 heterocycles. The van der Waals surface area contributed by atoms with E-state index in [2.05, 4.69) is 15.6 Å². The largest absolute Gasteiger partial charge is 0.493 e. The predicted octanol–water partition coefficient (Wildman–Crippen LogP) is 3.42. The monoisotopic (exact) mass is 617 g/mol. The van der Waals surface area contributed by atoms with Crippen molar-refractivity contribution < 1.29 is 28.6 Å². The number of piperidine rings is 1. The minimum absolute atomic E-state index is 0.0627. The number of nitrogens with zero attached hydrogens (tertiary/aromatic N) is 3. The number of nitrogens with one attached hydrogen (secondary N) is 2. The highest BCUT2D eigenvalue weighted by Crippen LogP contribution is 2.29. The first-order valence-electron chi connectivity index (χ1n) is 14.4. The third kappa shape index (κ3) is 6.73. The molecule has 228 valence electrons. The van der Waals surface area contributed by atoms with Crippen molar-refractivity contribution in [1.82, 2.24) is 24.9 Å². The fourth-order valence-electron chi connectivity index (χ4n) is 5.41. The Morgan fingerprint density at radius 1 is 1.02 bits per heavy atom. The van der Waals surface area contributed by atoms with Gasteiger partial charge in [0.05, 0.1) is 18.2 Å². The number of carbonyl (C=O) groups is 3. The maximum absolute atomic E-state index is 13.5. The van der Waals surface area contributed by atoms with Gasteiger partial charge in [-0.15, -0.1) is 0 Å². The maximum Gasteiger partial charge on any atom is 0.274 e. The highest BCUT2D eigenvalue weighted by atomic mass is 35.5. The number of carbonyl (C=O) groups excluding carboxylic acids is 3. The van der Waals surface area contributed by atoms with Crippen LogP contribution in [0, 0.1) is 0 Å². The summed E-state index contributed by atoms with van der Waals surface area (Å²) in [5, 5.41) is 6.51. The summed E-state index contributed by atoms with van der Waals surface area (Å²) in [6, 6.07) is 15.8. The normalized spacial score (nSPS) is 19.4. The van der Waals surface area contributed by atoms with Gasteiger partial charge in [-0.05, 0) is 53.9 Å². The van der Waals surface area contributed by atoms with E-state index in [-0.39, 0.29) is 36.6 Å². The van der Waals surface area contributed by atoms with Crippen LogP contribution in [-0.2, 0) is 22.6 Å². The van der Waals surface area contributed by atoms with Gasteiger partial charge >= 0.3 is 0 Å². The molecule has 4 aromatic rings. The first kappa shape index (κ1) is 29.3. The lowest BCUT2D eigenvalue weighted by molar-refractivity contribution is -0.125. The number of benzene rings is 2. The van der Waals surface area contributed by atoms with E-state index in [1.54, 1.807) is 46.0 Å². The zero-order valence-electron chi connectivity index (χ0n) is 24.1. The molecule has 44 heavy (non-hydrogen) atoms. The standard InChI is InChI=1S/C32H32ClN5O6/c1-42-28-14-20-4-9-27(28)43-19-31(40)36-24-17-37(32(41)25-18-38-16-22(33)6-10-29(38)35-25)13-12-26(24)44-23-7-2-21(3-8-23)15-34-30(39)11-5-20/h2-4,6-10,14,16,18,24,26H,5,11-13,15,17,19H2,1H3,(H,34,39)(H,36,40)/t24-,26-/m1/s1. The van der Waals surface area contributed by atoms with Crippen molar-refractivity contribution >= 4 is 35.0 Å². The number of ether oxygens (including phenoxy) is 3. The molecule has 1 saturated heterocycles. The SMILES string of the molecule is COc1cc2ccc1OCC(=O)N[C@@H]1CN(C(=O)c3cn4cc(Cl)ccc4n3)CC[C@H]1Oc1ccc(cc1)CNC(=O)CC2. The molecule has 12 heteroatoms. The fourth-order valence-corrected chi connectivity index (χ4v) is 5.58. The van der Waals surface area contributed by atoms with E-state index in [4.69, 9.17) is 25.8 Å². The third-order valence-corrected chi connectivity index (χ3v) is 7.97. The number of imidazole rings is 1. The van der Waals surface area contributed by atoms with Gasteiger partial charge < -0.3 is 34.1 Å². The molecule has 9 rings (SSSR count). The molecule has 0 saturated carbocycles. The molecule has 2 N–H and O–H groups in total. The van der Waals surface area contributed by atoms with Gasteiger partial charge in [-0.25, -0.2) is 4.98 Å². The van der Waals surface area contributed by atoms with E-state index >= 15 is 0 Å². The van der Waals surface area contributed by atoms with Crippen LogP contribution >= 0.6 is 11.6 Å². The fraction of sp³-hybridized carbons (Fsp3) is 0.312.